The number of rotatable bonds is 1. The van der Waals surface area contributed by atoms with Crippen LogP contribution in [0.25, 0.3) is 0 Å². The van der Waals surface area contributed by atoms with Gasteiger partial charge in [-0.1, -0.05) is 0 Å². The van der Waals surface area contributed by atoms with Gasteiger partial charge in [0.15, 0.2) is 5.82 Å². The fourth-order valence-corrected chi connectivity index (χ4v) is 1.92. The summed E-state index contributed by atoms with van der Waals surface area (Å²) in [6.07, 6.45) is 0.559. The van der Waals surface area contributed by atoms with E-state index >= 15 is 0 Å². The molecule has 0 aliphatic carbocycles. The third kappa shape index (κ3) is 2.81. The molecule has 1 heterocycles. The number of hydrogen-bond donors (Lipinski definition) is 2. The first kappa shape index (κ1) is 13.3. The van der Waals surface area contributed by atoms with Crippen molar-refractivity contribution in [2.24, 2.45) is 0 Å². The van der Waals surface area contributed by atoms with Crippen molar-refractivity contribution in [3.05, 3.63) is 29.3 Å². The number of hydrogen-bond acceptors (Lipinski definition) is 3. The van der Waals surface area contributed by atoms with Crippen molar-refractivity contribution in [3.8, 4) is 0 Å². The monoisotopic (exact) mass is 269 g/mol. The van der Waals surface area contributed by atoms with Crippen LogP contribution >= 0.6 is 0 Å². The average molecular weight is 269 g/mol. The van der Waals surface area contributed by atoms with Gasteiger partial charge in [0, 0.05) is 13.1 Å². The van der Waals surface area contributed by atoms with Gasteiger partial charge in [-0.2, -0.15) is 0 Å². The molecule has 102 valence electrons. The van der Waals surface area contributed by atoms with E-state index in [2.05, 4.69) is 5.32 Å². The summed E-state index contributed by atoms with van der Waals surface area (Å²) in [4.78, 5) is 24.6. The Morgan fingerprint density at radius 2 is 2.11 bits per heavy atom. The number of nitrogens with one attached hydrogen (secondary N) is 1. The van der Waals surface area contributed by atoms with Gasteiger partial charge in [0.05, 0.1) is 17.8 Å². The van der Waals surface area contributed by atoms with Crippen LogP contribution in [0.1, 0.15) is 16.8 Å². The molecule has 0 aromatic heterocycles. The first-order chi connectivity index (χ1) is 8.99. The Balaban J connectivity index is 2.30. The quantitative estimate of drug-likeness (QED) is 0.729. The molecule has 1 aliphatic rings. The summed E-state index contributed by atoms with van der Waals surface area (Å²) in [7, 11) is 0. The van der Waals surface area contributed by atoms with Crippen LogP contribution in [0.15, 0.2) is 12.1 Å². The van der Waals surface area contributed by atoms with Crippen molar-refractivity contribution in [3.63, 3.8) is 0 Å². The Labute approximate surface area is 108 Å². The van der Waals surface area contributed by atoms with Crippen molar-refractivity contribution in [2.75, 3.05) is 25.4 Å². The summed E-state index contributed by atoms with van der Waals surface area (Å²) in [5, 5.41) is 2.59. The summed E-state index contributed by atoms with van der Waals surface area (Å²) < 4.78 is 26.9. The van der Waals surface area contributed by atoms with Gasteiger partial charge in [-0.3, -0.25) is 9.59 Å². The third-order valence-corrected chi connectivity index (χ3v) is 2.84. The van der Waals surface area contributed by atoms with E-state index in [1.54, 1.807) is 0 Å². The predicted octanol–water partition coefficient (Wildman–Crippen LogP) is 0.509. The molecule has 0 unspecified atom stereocenters. The molecule has 0 radical (unpaired) electrons. The molecular weight excluding hydrogens is 256 g/mol. The summed E-state index contributed by atoms with van der Waals surface area (Å²) in [5.41, 5.74) is 4.40. The van der Waals surface area contributed by atoms with Gasteiger partial charge in [-0.25, -0.2) is 8.78 Å². The van der Waals surface area contributed by atoms with Crippen LogP contribution in [0, 0.1) is 11.6 Å². The fraction of sp³-hybridized carbons (Fsp3) is 0.333. The number of carbonyl (C=O) groups is 2. The SMILES string of the molecule is Nc1cc(F)cc(C(=O)N2CCCNC(=O)C2)c1F. The zero-order valence-corrected chi connectivity index (χ0v) is 10.1. The second-order valence-electron chi connectivity index (χ2n) is 4.29. The summed E-state index contributed by atoms with van der Waals surface area (Å²) in [6, 6.07) is 1.60. The number of benzene rings is 1. The van der Waals surface area contributed by atoms with E-state index in [4.69, 9.17) is 5.73 Å². The van der Waals surface area contributed by atoms with Gasteiger partial charge in [0.1, 0.15) is 5.82 Å². The predicted molar refractivity (Wildman–Crippen MR) is 64.3 cm³/mol. The van der Waals surface area contributed by atoms with Crippen LogP contribution in [0.4, 0.5) is 14.5 Å². The lowest BCUT2D eigenvalue weighted by atomic mass is 10.1. The molecule has 0 bridgehead atoms. The first-order valence-corrected chi connectivity index (χ1v) is 5.79. The number of nitrogens with two attached hydrogens (primary N) is 1. The molecule has 7 heteroatoms. The van der Waals surface area contributed by atoms with Crippen LogP contribution in [-0.2, 0) is 4.79 Å². The minimum atomic E-state index is -0.962. The van der Waals surface area contributed by atoms with E-state index in [0.717, 1.165) is 12.1 Å². The second-order valence-corrected chi connectivity index (χ2v) is 4.29. The van der Waals surface area contributed by atoms with Crippen molar-refractivity contribution in [1.82, 2.24) is 10.2 Å². The smallest absolute Gasteiger partial charge is 0.257 e. The Kier molecular flexibility index (Phi) is 3.64. The molecule has 0 atom stereocenters. The maximum absolute atomic E-state index is 13.7. The normalized spacial score (nSPS) is 15.9. The molecule has 1 fully saturated rings. The van der Waals surface area contributed by atoms with Gasteiger partial charge in [-0.15, -0.1) is 0 Å². The molecule has 1 aliphatic heterocycles. The van der Waals surface area contributed by atoms with Gasteiger partial charge < -0.3 is 16.0 Å². The zero-order valence-electron chi connectivity index (χ0n) is 10.1. The second kappa shape index (κ2) is 5.21. The van der Waals surface area contributed by atoms with E-state index < -0.39 is 28.8 Å². The molecule has 5 nitrogen and oxygen atoms in total. The highest BCUT2D eigenvalue weighted by Crippen LogP contribution is 2.19. The molecule has 1 aromatic carbocycles. The minimum absolute atomic E-state index is 0.172. The standard InChI is InChI=1S/C12H13F2N3O2/c13-7-4-8(11(14)9(15)5-7)12(19)17-3-1-2-16-10(18)6-17/h4-5H,1-3,6,15H2,(H,16,18). The van der Waals surface area contributed by atoms with Gasteiger partial charge in [-0.05, 0) is 18.6 Å². The highest BCUT2D eigenvalue weighted by atomic mass is 19.1. The van der Waals surface area contributed by atoms with E-state index in [0.29, 0.717) is 19.5 Å². The van der Waals surface area contributed by atoms with E-state index in [9.17, 15) is 18.4 Å². The summed E-state index contributed by atoms with van der Waals surface area (Å²) in [6.45, 7) is 0.582. The van der Waals surface area contributed by atoms with Crippen LogP contribution in [0.5, 0.6) is 0 Å². The lowest BCUT2D eigenvalue weighted by Crippen LogP contribution is -2.37. The number of halogens is 2. The lowest BCUT2D eigenvalue weighted by molar-refractivity contribution is -0.121. The van der Waals surface area contributed by atoms with Gasteiger partial charge in [0.2, 0.25) is 5.91 Å². The molecule has 2 rings (SSSR count). The van der Waals surface area contributed by atoms with Crippen LogP contribution in [-0.4, -0.2) is 36.3 Å². The Hall–Kier alpha value is -2.18. The molecular formula is C12H13F2N3O2. The Bertz CT molecular complexity index is 534. The van der Waals surface area contributed by atoms with E-state index in [-0.39, 0.29) is 12.5 Å². The molecule has 2 amide bonds. The average Bonchev–Trinajstić information content (AvgIpc) is 2.57. The topological polar surface area (TPSA) is 75.4 Å². The van der Waals surface area contributed by atoms with Crippen LogP contribution in [0.2, 0.25) is 0 Å². The molecule has 1 saturated heterocycles. The van der Waals surface area contributed by atoms with Crippen molar-refractivity contribution >= 4 is 17.5 Å². The minimum Gasteiger partial charge on any atom is -0.396 e. The molecule has 0 spiro atoms. The maximum atomic E-state index is 13.7. The molecule has 3 N–H and O–H groups in total. The third-order valence-electron chi connectivity index (χ3n) is 2.84. The zero-order chi connectivity index (χ0) is 14.0. The van der Waals surface area contributed by atoms with Crippen LogP contribution in [0.3, 0.4) is 0 Å². The molecule has 0 saturated carbocycles. The van der Waals surface area contributed by atoms with Gasteiger partial charge in [0.25, 0.3) is 5.91 Å². The highest BCUT2D eigenvalue weighted by Gasteiger charge is 2.24. The van der Waals surface area contributed by atoms with Crippen LogP contribution < -0.4 is 11.1 Å². The highest BCUT2D eigenvalue weighted by molar-refractivity contribution is 5.97. The largest absolute Gasteiger partial charge is 0.396 e. The van der Waals surface area contributed by atoms with Crippen molar-refractivity contribution in [1.29, 1.82) is 0 Å². The van der Waals surface area contributed by atoms with Gasteiger partial charge >= 0.3 is 0 Å². The van der Waals surface area contributed by atoms with Crippen molar-refractivity contribution in [2.45, 2.75) is 6.42 Å². The number of carbonyl (C=O) groups excluding carboxylic acids is 2. The lowest BCUT2D eigenvalue weighted by Gasteiger charge is -2.19. The summed E-state index contributed by atoms with van der Waals surface area (Å²) in [5.74, 6) is -2.81. The van der Waals surface area contributed by atoms with E-state index in [1.807, 2.05) is 0 Å². The first-order valence-electron chi connectivity index (χ1n) is 5.79. The molecule has 1 aromatic rings. The number of nitrogens with zero attached hydrogens (tertiary/aromatic N) is 1. The number of nitrogen functional groups attached to an aromatic ring is 1. The number of amides is 2. The Morgan fingerprint density at radius 1 is 1.37 bits per heavy atom. The summed E-state index contributed by atoms with van der Waals surface area (Å²) >= 11 is 0. The van der Waals surface area contributed by atoms with E-state index in [1.165, 1.54) is 4.90 Å². The van der Waals surface area contributed by atoms with Crippen molar-refractivity contribution < 1.29 is 18.4 Å². The molecule has 19 heavy (non-hydrogen) atoms. The fourth-order valence-electron chi connectivity index (χ4n) is 1.92. The maximum Gasteiger partial charge on any atom is 0.257 e. The number of anilines is 1. The Morgan fingerprint density at radius 3 is 2.84 bits per heavy atom.